The van der Waals surface area contributed by atoms with Crippen molar-refractivity contribution in [1.29, 1.82) is 0 Å². The molecule has 1 aromatic carbocycles. The molecule has 0 bridgehead atoms. The first-order chi connectivity index (χ1) is 15.1. The Labute approximate surface area is 183 Å². The molecule has 0 unspecified atom stereocenters. The number of aryl methyl sites for hydroxylation is 2. The second kappa shape index (κ2) is 8.24. The summed E-state index contributed by atoms with van der Waals surface area (Å²) in [5.74, 6) is 1.36. The quantitative estimate of drug-likeness (QED) is 0.478. The fraction of sp³-hybridized carbons (Fsp3) is 0.364. The van der Waals surface area contributed by atoms with E-state index in [1.807, 2.05) is 26.8 Å². The van der Waals surface area contributed by atoms with Gasteiger partial charge in [-0.1, -0.05) is 30.3 Å². The molecule has 0 radical (unpaired) electrons. The van der Waals surface area contributed by atoms with Crippen molar-refractivity contribution in [2.45, 2.75) is 19.4 Å². The number of amides is 1. The largest absolute Gasteiger partial charge is 0.340 e. The van der Waals surface area contributed by atoms with E-state index < -0.39 is 0 Å². The highest BCUT2D eigenvalue weighted by Gasteiger charge is 2.22. The van der Waals surface area contributed by atoms with Gasteiger partial charge in [0.05, 0.1) is 5.52 Å². The third-order valence-corrected chi connectivity index (χ3v) is 6.83. The average molecular weight is 437 g/mol. The Balaban J connectivity index is 1.23. The monoisotopic (exact) mass is 436 g/mol. The molecule has 1 fully saturated rings. The van der Waals surface area contributed by atoms with Crippen molar-refractivity contribution in [2.75, 3.05) is 26.2 Å². The molecule has 0 aliphatic carbocycles. The maximum atomic E-state index is 12.8. The molecule has 4 aromatic rings. The SMILES string of the molecule is Cn1c(=O)c2sccc2n2c(CCC(=O)N3CCN(Cc4ccccc4)CC3)nnc12. The number of hydrogen-bond donors (Lipinski definition) is 0. The van der Waals surface area contributed by atoms with Crippen molar-refractivity contribution in [2.24, 2.45) is 7.05 Å². The standard InChI is InChI=1S/C22H24N6O2S/c1-25-21(30)20-17(9-14-31-20)28-18(23-24-22(25)28)7-8-19(29)27-12-10-26(11-13-27)15-16-5-3-2-4-6-16/h2-6,9,14H,7-8,10-13,15H2,1H3. The molecule has 9 heteroatoms. The van der Waals surface area contributed by atoms with Crippen LogP contribution >= 0.6 is 11.3 Å². The molecule has 1 aliphatic heterocycles. The molecule has 1 amide bonds. The summed E-state index contributed by atoms with van der Waals surface area (Å²) in [4.78, 5) is 29.6. The van der Waals surface area contributed by atoms with Crippen molar-refractivity contribution in [3.8, 4) is 0 Å². The van der Waals surface area contributed by atoms with Gasteiger partial charge in [0.1, 0.15) is 10.5 Å². The summed E-state index contributed by atoms with van der Waals surface area (Å²) in [6.45, 7) is 4.17. The number of carbonyl (C=O) groups is 1. The first-order valence-corrected chi connectivity index (χ1v) is 11.3. The number of nitrogens with zero attached hydrogens (tertiary/aromatic N) is 6. The number of rotatable bonds is 5. The van der Waals surface area contributed by atoms with Gasteiger partial charge < -0.3 is 4.90 Å². The molecule has 0 saturated carbocycles. The van der Waals surface area contributed by atoms with Crippen LogP contribution in [-0.4, -0.2) is 61.1 Å². The summed E-state index contributed by atoms with van der Waals surface area (Å²) in [5.41, 5.74) is 2.04. The molecule has 5 rings (SSSR count). The van der Waals surface area contributed by atoms with Crippen LogP contribution in [-0.2, 0) is 24.8 Å². The van der Waals surface area contributed by atoms with E-state index in [1.165, 1.54) is 21.5 Å². The van der Waals surface area contributed by atoms with E-state index in [9.17, 15) is 9.59 Å². The van der Waals surface area contributed by atoms with Gasteiger partial charge in [0, 0.05) is 52.6 Å². The zero-order valence-electron chi connectivity index (χ0n) is 17.4. The van der Waals surface area contributed by atoms with Crippen LogP contribution in [0.5, 0.6) is 0 Å². The van der Waals surface area contributed by atoms with Crippen LogP contribution in [0.25, 0.3) is 16.0 Å². The van der Waals surface area contributed by atoms with Gasteiger partial charge in [-0.2, -0.15) is 0 Å². The number of piperazine rings is 1. The van der Waals surface area contributed by atoms with Gasteiger partial charge in [-0.25, -0.2) is 0 Å². The molecular formula is C22H24N6O2S. The van der Waals surface area contributed by atoms with Gasteiger partial charge in [0.25, 0.3) is 5.56 Å². The fourth-order valence-electron chi connectivity index (χ4n) is 4.19. The summed E-state index contributed by atoms with van der Waals surface area (Å²) >= 11 is 1.41. The molecule has 31 heavy (non-hydrogen) atoms. The summed E-state index contributed by atoms with van der Waals surface area (Å²) in [5, 5.41) is 10.4. The van der Waals surface area contributed by atoms with Crippen molar-refractivity contribution in [3.63, 3.8) is 0 Å². The third kappa shape index (κ3) is 3.75. The van der Waals surface area contributed by atoms with Gasteiger partial charge in [-0.05, 0) is 17.0 Å². The molecule has 8 nitrogen and oxygen atoms in total. The first-order valence-electron chi connectivity index (χ1n) is 10.5. The van der Waals surface area contributed by atoms with E-state index in [-0.39, 0.29) is 11.5 Å². The highest BCUT2D eigenvalue weighted by atomic mass is 32.1. The number of benzene rings is 1. The van der Waals surface area contributed by atoms with E-state index in [2.05, 4.69) is 39.4 Å². The van der Waals surface area contributed by atoms with Crippen LogP contribution in [0.4, 0.5) is 0 Å². The smallest absolute Gasteiger partial charge is 0.272 e. The Morgan fingerprint density at radius 1 is 1.06 bits per heavy atom. The minimum atomic E-state index is -0.0686. The molecule has 1 saturated heterocycles. The predicted octanol–water partition coefficient (Wildman–Crippen LogP) is 1.92. The van der Waals surface area contributed by atoms with E-state index >= 15 is 0 Å². The highest BCUT2D eigenvalue weighted by Crippen LogP contribution is 2.20. The Hall–Kier alpha value is -3.04. The topological polar surface area (TPSA) is 75.7 Å². The molecular weight excluding hydrogens is 412 g/mol. The maximum Gasteiger partial charge on any atom is 0.272 e. The van der Waals surface area contributed by atoms with E-state index in [4.69, 9.17) is 0 Å². The number of aromatic nitrogens is 4. The highest BCUT2D eigenvalue weighted by molar-refractivity contribution is 7.17. The van der Waals surface area contributed by atoms with Crippen LogP contribution in [0.1, 0.15) is 17.8 Å². The third-order valence-electron chi connectivity index (χ3n) is 5.93. The minimum absolute atomic E-state index is 0.0686. The molecule has 0 N–H and O–H groups in total. The molecule has 4 heterocycles. The molecule has 1 aliphatic rings. The van der Waals surface area contributed by atoms with E-state index in [0.29, 0.717) is 29.1 Å². The van der Waals surface area contributed by atoms with E-state index in [0.717, 1.165) is 38.2 Å². The summed E-state index contributed by atoms with van der Waals surface area (Å²) in [6, 6.07) is 12.3. The zero-order chi connectivity index (χ0) is 21.4. The fourth-order valence-corrected chi connectivity index (χ4v) is 5.04. The van der Waals surface area contributed by atoms with Gasteiger partial charge in [0.15, 0.2) is 0 Å². The van der Waals surface area contributed by atoms with Crippen molar-refractivity contribution < 1.29 is 4.79 Å². The Morgan fingerprint density at radius 3 is 2.61 bits per heavy atom. The predicted molar refractivity (Wildman–Crippen MR) is 120 cm³/mol. The average Bonchev–Trinajstić information content (AvgIpc) is 3.44. The van der Waals surface area contributed by atoms with Crippen LogP contribution in [0.15, 0.2) is 46.6 Å². The second-order valence-electron chi connectivity index (χ2n) is 7.89. The number of carbonyl (C=O) groups excluding carboxylic acids is 1. The lowest BCUT2D eigenvalue weighted by Gasteiger charge is -2.34. The lowest BCUT2D eigenvalue weighted by molar-refractivity contribution is -0.133. The Kier molecular flexibility index (Phi) is 5.29. The maximum absolute atomic E-state index is 12.8. The first kappa shape index (κ1) is 19.9. The Morgan fingerprint density at radius 2 is 1.84 bits per heavy atom. The van der Waals surface area contributed by atoms with Crippen molar-refractivity contribution in [1.82, 2.24) is 29.0 Å². The van der Waals surface area contributed by atoms with E-state index in [1.54, 1.807) is 7.05 Å². The van der Waals surface area contributed by atoms with Crippen molar-refractivity contribution >= 4 is 33.2 Å². The number of fused-ring (bicyclic) bond motifs is 3. The summed E-state index contributed by atoms with van der Waals surface area (Å²) < 4.78 is 4.10. The van der Waals surface area contributed by atoms with Gasteiger partial charge in [0.2, 0.25) is 11.7 Å². The normalized spacial score (nSPS) is 15.2. The lowest BCUT2D eigenvalue weighted by atomic mass is 10.2. The van der Waals surface area contributed by atoms with Crippen LogP contribution in [0, 0.1) is 0 Å². The number of thiophene rings is 1. The molecule has 3 aromatic heterocycles. The van der Waals surface area contributed by atoms with Crippen LogP contribution in [0.2, 0.25) is 0 Å². The molecule has 0 atom stereocenters. The van der Waals surface area contributed by atoms with Crippen LogP contribution < -0.4 is 5.56 Å². The van der Waals surface area contributed by atoms with Gasteiger partial charge in [-0.15, -0.1) is 21.5 Å². The summed E-state index contributed by atoms with van der Waals surface area (Å²) in [6.07, 6.45) is 0.876. The van der Waals surface area contributed by atoms with Crippen molar-refractivity contribution in [3.05, 3.63) is 63.5 Å². The number of hydrogen-bond acceptors (Lipinski definition) is 6. The lowest BCUT2D eigenvalue weighted by Crippen LogP contribution is -2.48. The molecule has 160 valence electrons. The Bertz CT molecular complexity index is 1280. The van der Waals surface area contributed by atoms with Gasteiger partial charge in [-0.3, -0.25) is 23.5 Å². The minimum Gasteiger partial charge on any atom is -0.340 e. The van der Waals surface area contributed by atoms with Gasteiger partial charge >= 0.3 is 0 Å². The zero-order valence-corrected chi connectivity index (χ0v) is 18.2. The second-order valence-corrected chi connectivity index (χ2v) is 8.81. The molecule has 0 spiro atoms. The van der Waals surface area contributed by atoms with Crippen LogP contribution in [0.3, 0.4) is 0 Å². The summed E-state index contributed by atoms with van der Waals surface area (Å²) in [7, 11) is 1.70.